The molecule has 3 amide bonds. The summed E-state index contributed by atoms with van der Waals surface area (Å²) in [5.74, 6) is -0.887. The summed E-state index contributed by atoms with van der Waals surface area (Å²) in [6.45, 7) is 1.99. The van der Waals surface area contributed by atoms with E-state index in [0.717, 1.165) is 18.4 Å². The monoisotopic (exact) mass is 295 g/mol. The summed E-state index contributed by atoms with van der Waals surface area (Å²) in [4.78, 5) is 22.1. The lowest BCUT2D eigenvalue weighted by molar-refractivity contribution is -0.126. The maximum Gasteiger partial charge on any atom is 0.318 e. The molecule has 1 atom stereocenters. The molecular formula is C14H18FN3O3. The summed E-state index contributed by atoms with van der Waals surface area (Å²) >= 11 is 0. The van der Waals surface area contributed by atoms with Gasteiger partial charge in [-0.3, -0.25) is 10.1 Å². The first-order valence-electron chi connectivity index (χ1n) is 6.74. The Hall–Kier alpha value is -2.15. The van der Waals surface area contributed by atoms with Crippen LogP contribution in [0.4, 0.5) is 9.18 Å². The number of carbonyl (C=O) groups excluding carboxylic acids is 2. The number of carbonyl (C=O) groups is 2. The van der Waals surface area contributed by atoms with E-state index in [2.05, 4.69) is 5.32 Å². The molecule has 1 aliphatic rings. The fourth-order valence-corrected chi connectivity index (χ4v) is 1.82. The Kier molecular flexibility index (Phi) is 4.74. The Labute approximate surface area is 121 Å². The topological polar surface area (TPSA) is 93.4 Å². The number of urea groups is 1. The van der Waals surface area contributed by atoms with Crippen molar-refractivity contribution < 1.29 is 18.7 Å². The third-order valence-electron chi connectivity index (χ3n) is 3.03. The van der Waals surface area contributed by atoms with Crippen molar-refractivity contribution in [1.82, 2.24) is 10.6 Å². The highest BCUT2D eigenvalue weighted by atomic mass is 19.1. The number of nitrogens with one attached hydrogen (secondary N) is 2. The zero-order valence-corrected chi connectivity index (χ0v) is 11.7. The summed E-state index contributed by atoms with van der Waals surface area (Å²) in [5, 5.41) is 5.18. The number of benzene rings is 1. The van der Waals surface area contributed by atoms with Crippen molar-refractivity contribution in [2.24, 2.45) is 5.73 Å². The SMILES string of the molecule is CC(Oc1cc(F)cc(CNC2CC2)c1)C(=O)NC(N)=O. The van der Waals surface area contributed by atoms with Gasteiger partial charge in [0.05, 0.1) is 0 Å². The van der Waals surface area contributed by atoms with Gasteiger partial charge in [-0.05, 0) is 37.5 Å². The number of primary amides is 1. The lowest BCUT2D eigenvalue weighted by Gasteiger charge is -2.14. The zero-order valence-electron chi connectivity index (χ0n) is 11.7. The van der Waals surface area contributed by atoms with Gasteiger partial charge >= 0.3 is 6.03 Å². The van der Waals surface area contributed by atoms with Crippen molar-refractivity contribution in [1.29, 1.82) is 0 Å². The van der Waals surface area contributed by atoms with Crippen molar-refractivity contribution in [3.8, 4) is 5.75 Å². The third-order valence-corrected chi connectivity index (χ3v) is 3.03. The largest absolute Gasteiger partial charge is 0.481 e. The summed E-state index contributed by atoms with van der Waals surface area (Å²) < 4.78 is 18.9. The maximum atomic E-state index is 13.5. The minimum atomic E-state index is -0.955. The zero-order chi connectivity index (χ0) is 15.4. The van der Waals surface area contributed by atoms with E-state index in [-0.39, 0.29) is 5.75 Å². The summed E-state index contributed by atoms with van der Waals surface area (Å²) in [7, 11) is 0. The summed E-state index contributed by atoms with van der Waals surface area (Å²) in [5.41, 5.74) is 5.59. The van der Waals surface area contributed by atoms with E-state index in [0.29, 0.717) is 12.6 Å². The average molecular weight is 295 g/mol. The Bertz CT molecular complexity index is 546. The Morgan fingerprint density at radius 1 is 1.43 bits per heavy atom. The van der Waals surface area contributed by atoms with E-state index >= 15 is 0 Å². The molecule has 0 heterocycles. The normalized spacial score (nSPS) is 15.3. The molecule has 4 N–H and O–H groups in total. The first-order valence-corrected chi connectivity index (χ1v) is 6.74. The van der Waals surface area contributed by atoms with Gasteiger partial charge in [0.2, 0.25) is 0 Å². The predicted molar refractivity (Wildman–Crippen MR) is 74.1 cm³/mol. The second-order valence-corrected chi connectivity index (χ2v) is 5.06. The Morgan fingerprint density at radius 2 is 2.14 bits per heavy atom. The van der Waals surface area contributed by atoms with Gasteiger partial charge in [0.25, 0.3) is 5.91 Å². The molecule has 0 saturated heterocycles. The molecule has 0 aromatic heterocycles. The van der Waals surface area contributed by atoms with Crippen molar-refractivity contribution in [2.75, 3.05) is 0 Å². The second-order valence-electron chi connectivity index (χ2n) is 5.06. The van der Waals surface area contributed by atoms with E-state index < -0.39 is 23.9 Å². The summed E-state index contributed by atoms with van der Waals surface area (Å²) in [6.07, 6.45) is 1.33. The van der Waals surface area contributed by atoms with Crippen LogP contribution in [0.15, 0.2) is 18.2 Å². The molecule has 0 spiro atoms. The smallest absolute Gasteiger partial charge is 0.318 e. The van der Waals surface area contributed by atoms with Gasteiger partial charge in [0, 0.05) is 18.7 Å². The number of halogens is 1. The second kappa shape index (κ2) is 6.53. The van der Waals surface area contributed by atoms with Crippen LogP contribution in [0.3, 0.4) is 0 Å². The fraction of sp³-hybridized carbons (Fsp3) is 0.429. The predicted octanol–water partition coefficient (Wildman–Crippen LogP) is 1.04. The van der Waals surface area contributed by atoms with Crippen molar-refractivity contribution >= 4 is 11.9 Å². The molecular weight excluding hydrogens is 277 g/mol. The van der Waals surface area contributed by atoms with Gasteiger partial charge in [-0.2, -0.15) is 0 Å². The van der Waals surface area contributed by atoms with Gasteiger partial charge < -0.3 is 15.8 Å². The molecule has 114 valence electrons. The highest BCUT2D eigenvalue weighted by Crippen LogP contribution is 2.21. The highest BCUT2D eigenvalue weighted by molar-refractivity contribution is 5.95. The number of nitrogens with two attached hydrogens (primary N) is 1. The molecule has 1 aromatic carbocycles. The molecule has 2 rings (SSSR count). The summed E-state index contributed by atoms with van der Waals surface area (Å²) in [6, 6.07) is 3.82. The number of rotatable bonds is 6. The standard InChI is InChI=1S/C14H18FN3O3/c1-8(13(19)18-14(16)20)21-12-5-9(4-10(15)6-12)7-17-11-2-3-11/h4-6,8,11,17H,2-3,7H2,1H3,(H3,16,18,19,20). The van der Waals surface area contributed by atoms with Crippen molar-refractivity contribution in [2.45, 2.75) is 38.5 Å². The van der Waals surface area contributed by atoms with Gasteiger partial charge in [0.1, 0.15) is 11.6 Å². The van der Waals surface area contributed by atoms with E-state index in [4.69, 9.17) is 10.5 Å². The van der Waals surface area contributed by atoms with E-state index in [9.17, 15) is 14.0 Å². The molecule has 0 bridgehead atoms. The number of amides is 3. The van der Waals surface area contributed by atoms with Crippen molar-refractivity contribution in [3.05, 3.63) is 29.6 Å². The van der Waals surface area contributed by atoms with Crippen LogP contribution in [0.2, 0.25) is 0 Å². The molecule has 1 aliphatic carbocycles. The molecule has 0 aliphatic heterocycles. The Morgan fingerprint density at radius 3 is 2.76 bits per heavy atom. The number of hydrogen-bond donors (Lipinski definition) is 3. The molecule has 7 heteroatoms. The van der Waals surface area contributed by atoms with Crippen LogP contribution in [0, 0.1) is 5.82 Å². The van der Waals surface area contributed by atoms with Gasteiger partial charge in [-0.1, -0.05) is 0 Å². The number of hydrogen-bond acceptors (Lipinski definition) is 4. The fourth-order valence-electron chi connectivity index (χ4n) is 1.82. The molecule has 1 saturated carbocycles. The van der Waals surface area contributed by atoms with Crippen LogP contribution in [-0.2, 0) is 11.3 Å². The molecule has 6 nitrogen and oxygen atoms in total. The van der Waals surface area contributed by atoms with Crippen LogP contribution in [-0.4, -0.2) is 24.1 Å². The lowest BCUT2D eigenvalue weighted by atomic mass is 10.2. The Balaban J connectivity index is 1.97. The molecule has 1 fully saturated rings. The average Bonchev–Trinajstić information content (AvgIpc) is 3.18. The van der Waals surface area contributed by atoms with E-state index in [1.54, 1.807) is 6.07 Å². The minimum Gasteiger partial charge on any atom is -0.481 e. The van der Waals surface area contributed by atoms with Crippen LogP contribution < -0.4 is 21.1 Å². The first-order chi connectivity index (χ1) is 9.94. The van der Waals surface area contributed by atoms with Crippen LogP contribution in [0.5, 0.6) is 5.75 Å². The van der Waals surface area contributed by atoms with Gasteiger partial charge in [-0.15, -0.1) is 0 Å². The minimum absolute atomic E-state index is 0.231. The molecule has 1 unspecified atom stereocenters. The maximum absolute atomic E-state index is 13.5. The van der Waals surface area contributed by atoms with Crippen LogP contribution in [0.1, 0.15) is 25.3 Å². The first kappa shape index (κ1) is 15.2. The molecule has 21 heavy (non-hydrogen) atoms. The van der Waals surface area contributed by atoms with E-state index in [1.807, 2.05) is 5.32 Å². The lowest BCUT2D eigenvalue weighted by Crippen LogP contribution is -2.42. The van der Waals surface area contributed by atoms with Crippen LogP contribution in [0.25, 0.3) is 0 Å². The van der Waals surface area contributed by atoms with Gasteiger partial charge in [-0.25, -0.2) is 9.18 Å². The quantitative estimate of drug-likeness (QED) is 0.731. The van der Waals surface area contributed by atoms with Crippen LogP contribution >= 0.6 is 0 Å². The molecule has 1 aromatic rings. The number of ether oxygens (including phenoxy) is 1. The number of imide groups is 1. The third kappa shape index (κ3) is 5.03. The van der Waals surface area contributed by atoms with Crippen molar-refractivity contribution in [3.63, 3.8) is 0 Å². The highest BCUT2D eigenvalue weighted by Gasteiger charge is 2.20. The van der Waals surface area contributed by atoms with E-state index in [1.165, 1.54) is 19.1 Å². The molecule has 0 radical (unpaired) electrons. The van der Waals surface area contributed by atoms with Gasteiger partial charge in [0.15, 0.2) is 6.10 Å².